The van der Waals surface area contributed by atoms with Crippen LogP contribution in [0.3, 0.4) is 0 Å². The van der Waals surface area contributed by atoms with Crippen LogP contribution in [-0.4, -0.2) is 31.0 Å². The normalized spacial score (nSPS) is 26.0. The number of aromatic nitrogens is 1. The Morgan fingerprint density at radius 2 is 2.24 bits per heavy atom. The summed E-state index contributed by atoms with van der Waals surface area (Å²) in [5.74, 6) is 3.31. The largest absolute Gasteiger partial charge is 0.439 e. The molecule has 132 valence electrons. The molecule has 1 aliphatic heterocycles. The Morgan fingerprint density at radius 1 is 1.36 bits per heavy atom. The average Bonchev–Trinajstić information content (AvgIpc) is 2.70. The Morgan fingerprint density at radius 3 is 2.92 bits per heavy atom. The molecule has 5 heteroatoms. The van der Waals surface area contributed by atoms with Crippen molar-refractivity contribution >= 4 is 5.91 Å². The summed E-state index contributed by atoms with van der Waals surface area (Å²) in [6.07, 6.45) is 11.2. The van der Waals surface area contributed by atoms with Crippen LogP contribution in [0.15, 0.2) is 41.8 Å². The van der Waals surface area contributed by atoms with Gasteiger partial charge in [-0.15, -0.1) is 0 Å². The van der Waals surface area contributed by atoms with Crippen molar-refractivity contribution in [3.05, 3.63) is 47.4 Å². The van der Waals surface area contributed by atoms with Crippen molar-refractivity contribution in [2.45, 2.75) is 25.7 Å². The maximum absolute atomic E-state index is 11.6. The molecule has 0 aromatic carbocycles. The van der Waals surface area contributed by atoms with E-state index in [0.717, 1.165) is 31.2 Å². The van der Waals surface area contributed by atoms with Gasteiger partial charge in [-0.1, -0.05) is 12.0 Å². The summed E-state index contributed by atoms with van der Waals surface area (Å²) in [6.45, 7) is 2.07. The van der Waals surface area contributed by atoms with Crippen molar-refractivity contribution in [3.63, 3.8) is 0 Å². The first-order valence-corrected chi connectivity index (χ1v) is 9.23. The highest BCUT2D eigenvalue weighted by Crippen LogP contribution is 2.45. The number of hydrogen-bond donors (Lipinski definition) is 2. The predicted molar refractivity (Wildman–Crippen MR) is 96.2 cm³/mol. The molecule has 1 saturated heterocycles. The Labute approximate surface area is 148 Å². The first-order chi connectivity index (χ1) is 12.2. The van der Waals surface area contributed by atoms with E-state index < -0.39 is 0 Å². The van der Waals surface area contributed by atoms with Gasteiger partial charge < -0.3 is 15.4 Å². The molecule has 2 heterocycles. The minimum Gasteiger partial charge on any atom is -0.439 e. The SMILES string of the molecule is CNC(=O)c1ccc(OC2=CC3CNCCC(=C2)C3C2CCC2)nc1. The summed E-state index contributed by atoms with van der Waals surface area (Å²) in [4.78, 5) is 15.9. The van der Waals surface area contributed by atoms with Crippen molar-refractivity contribution in [3.8, 4) is 5.88 Å². The second-order valence-corrected chi connectivity index (χ2v) is 7.19. The highest BCUT2D eigenvalue weighted by molar-refractivity contribution is 5.93. The zero-order valence-electron chi connectivity index (χ0n) is 14.6. The molecule has 3 aliphatic rings. The van der Waals surface area contributed by atoms with Crippen LogP contribution >= 0.6 is 0 Å². The lowest BCUT2D eigenvalue weighted by atomic mass is 9.66. The quantitative estimate of drug-likeness (QED) is 0.885. The lowest BCUT2D eigenvalue weighted by Crippen LogP contribution is -2.33. The summed E-state index contributed by atoms with van der Waals surface area (Å²) < 4.78 is 6.01. The number of carbonyl (C=O) groups is 1. The van der Waals surface area contributed by atoms with E-state index in [9.17, 15) is 4.79 Å². The lowest BCUT2D eigenvalue weighted by Gasteiger charge is -2.40. The maximum Gasteiger partial charge on any atom is 0.252 e. The molecule has 0 spiro atoms. The molecule has 1 amide bonds. The zero-order chi connectivity index (χ0) is 17.2. The standard InChI is InChI=1S/C20H25N3O2/c1-21-20(24)15-5-6-18(23-12-15)25-17-9-14-7-8-22-11-16(10-17)19(14)13-3-2-4-13/h5-6,9-10,12-13,16,19,22H,2-4,7-8,11H2,1H3,(H,21,24). The van der Waals surface area contributed by atoms with E-state index in [2.05, 4.69) is 27.8 Å². The van der Waals surface area contributed by atoms with Crippen LogP contribution in [0.5, 0.6) is 5.88 Å². The van der Waals surface area contributed by atoms with Crippen LogP contribution in [-0.2, 0) is 0 Å². The number of carbonyl (C=O) groups excluding carboxylic acids is 1. The Bertz CT molecular complexity index is 704. The van der Waals surface area contributed by atoms with E-state index in [1.54, 1.807) is 25.4 Å². The Hall–Kier alpha value is -2.14. The first kappa shape index (κ1) is 16.3. The molecule has 2 aliphatic carbocycles. The molecule has 0 radical (unpaired) electrons. The lowest BCUT2D eigenvalue weighted by molar-refractivity contribution is 0.0962. The second-order valence-electron chi connectivity index (χ2n) is 7.19. The number of hydrogen-bond acceptors (Lipinski definition) is 4. The van der Waals surface area contributed by atoms with Gasteiger partial charge in [0.05, 0.1) is 5.56 Å². The smallest absolute Gasteiger partial charge is 0.252 e. The highest BCUT2D eigenvalue weighted by Gasteiger charge is 2.38. The molecule has 2 fully saturated rings. The zero-order valence-corrected chi connectivity index (χ0v) is 14.6. The third-order valence-electron chi connectivity index (χ3n) is 5.67. The van der Waals surface area contributed by atoms with Gasteiger partial charge in [0.1, 0.15) is 5.76 Å². The van der Waals surface area contributed by atoms with Gasteiger partial charge in [0, 0.05) is 25.9 Å². The third kappa shape index (κ3) is 3.33. The minimum atomic E-state index is -0.140. The molecule has 4 rings (SSSR count). The molecule has 2 bridgehead atoms. The molecular weight excluding hydrogens is 314 g/mol. The minimum absolute atomic E-state index is 0.140. The molecule has 2 unspecified atom stereocenters. The van der Waals surface area contributed by atoms with E-state index in [4.69, 9.17) is 4.74 Å². The van der Waals surface area contributed by atoms with Crippen LogP contribution in [0.1, 0.15) is 36.0 Å². The molecule has 1 saturated carbocycles. The molecule has 2 atom stereocenters. The van der Waals surface area contributed by atoms with E-state index >= 15 is 0 Å². The van der Waals surface area contributed by atoms with Crippen LogP contribution in [0, 0.1) is 17.8 Å². The number of pyridine rings is 1. The van der Waals surface area contributed by atoms with Gasteiger partial charge in [-0.2, -0.15) is 0 Å². The van der Waals surface area contributed by atoms with Crippen molar-refractivity contribution < 1.29 is 9.53 Å². The summed E-state index contributed by atoms with van der Waals surface area (Å²) >= 11 is 0. The van der Waals surface area contributed by atoms with Gasteiger partial charge in [0.15, 0.2) is 0 Å². The van der Waals surface area contributed by atoms with E-state index in [1.807, 2.05) is 0 Å². The first-order valence-electron chi connectivity index (χ1n) is 9.23. The molecule has 1 aromatic rings. The fourth-order valence-electron chi connectivity index (χ4n) is 4.20. The number of nitrogens with zero attached hydrogens (tertiary/aromatic N) is 1. The van der Waals surface area contributed by atoms with E-state index in [-0.39, 0.29) is 5.91 Å². The second kappa shape index (κ2) is 7.00. The fourth-order valence-corrected chi connectivity index (χ4v) is 4.20. The van der Waals surface area contributed by atoms with Crippen molar-refractivity contribution in [1.29, 1.82) is 0 Å². The van der Waals surface area contributed by atoms with Gasteiger partial charge in [-0.25, -0.2) is 4.98 Å². The van der Waals surface area contributed by atoms with Crippen LogP contribution in [0.25, 0.3) is 0 Å². The van der Waals surface area contributed by atoms with Crippen molar-refractivity contribution in [2.24, 2.45) is 17.8 Å². The Kier molecular flexibility index (Phi) is 4.57. The number of rotatable bonds is 4. The molecule has 5 nitrogen and oxygen atoms in total. The maximum atomic E-state index is 11.6. The number of fused-ring (bicyclic) bond motifs is 2. The number of ether oxygens (including phenoxy) is 1. The summed E-state index contributed by atoms with van der Waals surface area (Å²) in [6, 6.07) is 3.49. The summed E-state index contributed by atoms with van der Waals surface area (Å²) in [5.41, 5.74) is 2.06. The molecule has 25 heavy (non-hydrogen) atoms. The van der Waals surface area contributed by atoms with Crippen LogP contribution in [0.2, 0.25) is 0 Å². The van der Waals surface area contributed by atoms with Gasteiger partial charge in [0.2, 0.25) is 5.88 Å². The fraction of sp³-hybridized carbons (Fsp3) is 0.500. The van der Waals surface area contributed by atoms with E-state index in [0.29, 0.717) is 23.3 Å². The monoisotopic (exact) mass is 339 g/mol. The third-order valence-corrected chi connectivity index (χ3v) is 5.67. The molecule has 1 aromatic heterocycles. The molecule has 2 N–H and O–H groups in total. The number of nitrogens with one attached hydrogen (secondary N) is 2. The molecular formula is C20H25N3O2. The van der Waals surface area contributed by atoms with Crippen LogP contribution in [0.4, 0.5) is 0 Å². The van der Waals surface area contributed by atoms with Crippen molar-refractivity contribution in [2.75, 3.05) is 20.1 Å². The highest BCUT2D eigenvalue weighted by atomic mass is 16.5. The van der Waals surface area contributed by atoms with Gasteiger partial charge in [0.25, 0.3) is 5.91 Å². The number of allylic oxidation sites excluding steroid dienone is 1. The van der Waals surface area contributed by atoms with E-state index in [1.165, 1.54) is 24.8 Å². The summed E-state index contributed by atoms with van der Waals surface area (Å²) in [5, 5.41) is 6.16. The van der Waals surface area contributed by atoms with Gasteiger partial charge in [-0.3, -0.25) is 4.79 Å². The van der Waals surface area contributed by atoms with Gasteiger partial charge in [-0.05, 0) is 61.8 Å². The summed E-state index contributed by atoms with van der Waals surface area (Å²) in [7, 11) is 1.61. The van der Waals surface area contributed by atoms with Crippen molar-refractivity contribution in [1.82, 2.24) is 15.6 Å². The Balaban J connectivity index is 1.52. The predicted octanol–water partition coefficient (Wildman–Crippen LogP) is 2.67. The number of amides is 1. The average molecular weight is 339 g/mol. The topological polar surface area (TPSA) is 63.2 Å². The van der Waals surface area contributed by atoms with Gasteiger partial charge >= 0.3 is 0 Å². The van der Waals surface area contributed by atoms with Crippen LogP contribution < -0.4 is 15.4 Å².